The van der Waals surface area contributed by atoms with E-state index >= 15 is 0 Å². The van der Waals surface area contributed by atoms with Crippen molar-refractivity contribution in [3.05, 3.63) is 142 Å². The molecule has 0 unspecified atom stereocenters. The zero-order chi connectivity index (χ0) is 39.9. The van der Waals surface area contributed by atoms with Gasteiger partial charge in [-0.05, 0) is 166 Å². The maximum Gasteiger partial charge on any atom is 0.0245 e. The van der Waals surface area contributed by atoms with Gasteiger partial charge in [0.1, 0.15) is 0 Å². The molecule has 0 heteroatoms. The van der Waals surface area contributed by atoms with E-state index in [1.807, 2.05) is 0 Å². The molecular formula is C57H74. The molecule has 0 N–H and O–H groups in total. The molecule has 6 rings (SSSR count). The van der Waals surface area contributed by atoms with Gasteiger partial charge in [-0.25, -0.2) is 0 Å². The molecule has 2 saturated carbocycles. The second kappa shape index (κ2) is 25.4. The van der Waals surface area contributed by atoms with Gasteiger partial charge in [0, 0.05) is 23.0 Å². The molecular weight excluding hydrogens is 685 g/mol. The van der Waals surface area contributed by atoms with Crippen LogP contribution in [-0.2, 0) is 25.7 Å². The minimum atomic E-state index is 0.569. The summed E-state index contributed by atoms with van der Waals surface area (Å²) in [6, 6.07) is 36.7. The zero-order valence-corrected chi connectivity index (χ0v) is 36.4. The van der Waals surface area contributed by atoms with Crippen LogP contribution in [0, 0.1) is 35.5 Å². The fourth-order valence-electron chi connectivity index (χ4n) is 8.76. The van der Waals surface area contributed by atoms with Crippen molar-refractivity contribution in [2.24, 2.45) is 11.8 Å². The summed E-state index contributed by atoms with van der Waals surface area (Å²) < 4.78 is 0. The Hall–Kier alpha value is -4.00. The van der Waals surface area contributed by atoms with E-state index in [0.717, 1.165) is 11.8 Å². The molecule has 0 aliphatic heterocycles. The summed E-state index contributed by atoms with van der Waals surface area (Å²) in [7, 11) is 0. The first-order valence-corrected chi connectivity index (χ1v) is 23.4. The summed E-state index contributed by atoms with van der Waals surface area (Å²) in [5, 5.41) is 0. The van der Waals surface area contributed by atoms with Crippen molar-refractivity contribution >= 4 is 0 Å². The summed E-state index contributed by atoms with van der Waals surface area (Å²) in [5.41, 5.74) is 11.3. The molecule has 0 atom stereocenters. The Labute approximate surface area is 350 Å². The monoisotopic (exact) mass is 759 g/mol. The lowest BCUT2D eigenvalue weighted by atomic mass is 9.78. The quantitative estimate of drug-likeness (QED) is 0.0837. The van der Waals surface area contributed by atoms with Crippen molar-refractivity contribution in [1.29, 1.82) is 0 Å². The van der Waals surface area contributed by atoms with E-state index in [2.05, 4.69) is 148 Å². The van der Waals surface area contributed by atoms with Crippen molar-refractivity contribution in [3.8, 4) is 23.7 Å². The predicted octanol–water partition coefficient (Wildman–Crippen LogP) is 15.8. The Bertz CT molecular complexity index is 1780. The molecule has 0 aromatic heterocycles. The van der Waals surface area contributed by atoms with Crippen LogP contribution in [0.15, 0.2) is 97.1 Å². The maximum atomic E-state index is 3.56. The molecule has 0 bridgehead atoms. The highest BCUT2D eigenvalue weighted by atomic mass is 14.3. The average Bonchev–Trinajstić information content (AvgIpc) is 3.26. The Morgan fingerprint density at radius 1 is 0.351 bits per heavy atom. The number of unbranched alkanes of at least 4 members (excludes halogenated alkanes) is 5. The minimum absolute atomic E-state index is 0.569. The molecule has 0 radical (unpaired) electrons. The molecule has 57 heavy (non-hydrogen) atoms. The molecule has 0 spiro atoms. The van der Waals surface area contributed by atoms with Crippen molar-refractivity contribution in [2.45, 2.75) is 174 Å². The molecule has 0 amide bonds. The molecule has 4 aromatic rings. The van der Waals surface area contributed by atoms with E-state index in [1.165, 1.54) is 179 Å². The van der Waals surface area contributed by atoms with E-state index in [-0.39, 0.29) is 0 Å². The maximum absolute atomic E-state index is 3.56. The highest BCUT2D eigenvalue weighted by Gasteiger charge is 2.22. The number of aryl methyl sites for hydroxylation is 4. The van der Waals surface area contributed by atoms with Gasteiger partial charge in [0.2, 0.25) is 0 Å². The number of hydrogen-bond donors (Lipinski definition) is 0. The summed E-state index contributed by atoms with van der Waals surface area (Å²) in [6.07, 6.45) is 26.5. The van der Waals surface area contributed by atoms with Gasteiger partial charge in [-0.3, -0.25) is 0 Å². The SMILES string of the molecule is CCCCCc1ccc(C#CC2CCC(c3ccc(CCC)cc3)CC2)cc1.CCCCCc1ccc(C#CC2CCC(c3ccc(CCCC)cc3)CC2)cc1. The summed E-state index contributed by atoms with van der Waals surface area (Å²) in [5.74, 6) is 16.6. The van der Waals surface area contributed by atoms with E-state index in [1.54, 1.807) is 0 Å². The van der Waals surface area contributed by atoms with Crippen molar-refractivity contribution in [1.82, 2.24) is 0 Å². The highest BCUT2D eigenvalue weighted by Crippen LogP contribution is 2.37. The summed E-state index contributed by atoms with van der Waals surface area (Å²) >= 11 is 0. The molecule has 4 aromatic carbocycles. The van der Waals surface area contributed by atoms with Crippen LogP contribution in [0.5, 0.6) is 0 Å². The Balaban J connectivity index is 0.000000218. The van der Waals surface area contributed by atoms with Crippen LogP contribution in [0.4, 0.5) is 0 Å². The van der Waals surface area contributed by atoms with Gasteiger partial charge in [-0.2, -0.15) is 0 Å². The summed E-state index contributed by atoms with van der Waals surface area (Å²) in [4.78, 5) is 0. The smallest absolute Gasteiger partial charge is 0.0245 e. The Kier molecular flexibility index (Phi) is 19.6. The van der Waals surface area contributed by atoms with Gasteiger partial charge in [-0.15, -0.1) is 0 Å². The standard InChI is InChI=1S/C29H38.C28H36/c1-3-5-7-9-25-10-12-26(13-11-25)14-15-27-18-22-29(23-19-27)28-20-16-24(17-21-28)8-6-4-2;1-3-5-6-8-24-9-11-25(12-10-24)13-14-26-17-21-28(22-18-26)27-19-15-23(7-4-2)16-20-27/h10-13,16-17,20-21,27,29H,3-9,18-19,22-23H2,1-2H3;9-12,15-16,19-20,26,28H,3-8,17-18,21-22H2,1-2H3. The summed E-state index contributed by atoms with van der Waals surface area (Å²) in [6.45, 7) is 9.03. The Morgan fingerprint density at radius 3 is 1.04 bits per heavy atom. The minimum Gasteiger partial charge on any atom is -0.0945 e. The largest absolute Gasteiger partial charge is 0.0945 e. The van der Waals surface area contributed by atoms with Crippen LogP contribution < -0.4 is 0 Å². The lowest BCUT2D eigenvalue weighted by molar-refractivity contribution is 0.384. The van der Waals surface area contributed by atoms with Gasteiger partial charge in [0.05, 0.1) is 0 Å². The van der Waals surface area contributed by atoms with Crippen LogP contribution in [0.2, 0.25) is 0 Å². The molecule has 302 valence electrons. The van der Waals surface area contributed by atoms with Crippen LogP contribution in [0.3, 0.4) is 0 Å². The third-order valence-corrected chi connectivity index (χ3v) is 12.6. The number of rotatable bonds is 15. The second-order valence-corrected chi connectivity index (χ2v) is 17.3. The normalized spacial score (nSPS) is 18.9. The highest BCUT2D eigenvalue weighted by molar-refractivity contribution is 5.38. The van der Waals surface area contributed by atoms with Gasteiger partial charge in [-0.1, -0.05) is 163 Å². The van der Waals surface area contributed by atoms with Crippen LogP contribution in [-0.4, -0.2) is 0 Å². The lowest BCUT2D eigenvalue weighted by Gasteiger charge is -2.26. The third-order valence-electron chi connectivity index (χ3n) is 12.6. The first-order chi connectivity index (χ1) is 28.1. The molecule has 2 aliphatic rings. The molecule has 0 nitrogen and oxygen atoms in total. The van der Waals surface area contributed by atoms with Gasteiger partial charge in [0.25, 0.3) is 0 Å². The van der Waals surface area contributed by atoms with Crippen LogP contribution in [0.25, 0.3) is 0 Å². The van der Waals surface area contributed by atoms with Crippen LogP contribution >= 0.6 is 0 Å². The first-order valence-electron chi connectivity index (χ1n) is 23.4. The zero-order valence-electron chi connectivity index (χ0n) is 36.4. The van der Waals surface area contributed by atoms with Crippen molar-refractivity contribution in [3.63, 3.8) is 0 Å². The lowest BCUT2D eigenvalue weighted by Crippen LogP contribution is -2.12. The van der Waals surface area contributed by atoms with Gasteiger partial charge in [0.15, 0.2) is 0 Å². The van der Waals surface area contributed by atoms with Crippen molar-refractivity contribution in [2.75, 3.05) is 0 Å². The fraction of sp³-hybridized carbons (Fsp3) is 0.509. The molecule has 0 saturated heterocycles. The molecule has 2 fully saturated rings. The van der Waals surface area contributed by atoms with E-state index < -0.39 is 0 Å². The van der Waals surface area contributed by atoms with Gasteiger partial charge < -0.3 is 0 Å². The van der Waals surface area contributed by atoms with Gasteiger partial charge >= 0.3 is 0 Å². The van der Waals surface area contributed by atoms with E-state index in [9.17, 15) is 0 Å². The first kappa shape index (κ1) is 44.1. The van der Waals surface area contributed by atoms with E-state index in [4.69, 9.17) is 0 Å². The number of benzene rings is 4. The fourth-order valence-corrected chi connectivity index (χ4v) is 8.76. The van der Waals surface area contributed by atoms with Crippen LogP contribution in [0.1, 0.15) is 193 Å². The topological polar surface area (TPSA) is 0 Å². The number of hydrogen-bond acceptors (Lipinski definition) is 0. The predicted molar refractivity (Wildman–Crippen MR) is 248 cm³/mol. The second-order valence-electron chi connectivity index (χ2n) is 17.3. The average molecular weight is 759 g/mol. The Morgan fingerprint density at radius 2 is 0.684 bits per heavy atom. The molecule has 0 heterocycles. The van der Waals surface area contributed by atoms with E-state index in [0.29, 0.717) is 11.8 Å². The third kappa shape index (κ3) is 15.7. The molecule has 2 aliphatic carbocycles. The van der Waals surface area contributed by atoms with Crippen molar-refractivity contribution < 1.29 is 0 Å².